The number of aromatic amines is 1. The van der Waals surface area contributed by atoms with Gasteiger partial charge in [0.25, 0.3) is 11.7 Å². The van der Waals surface area contributed by atoms with Gasteiger partial charge >= 0.3 is 0 Å². The van der Waals surface area contributed by atoms with Gasteiger partial charge in [0.1, 0.15) is 11.6 Å². The lowest BCUT2D eigenvalue weighted by Crippen LogP contribution is -2.35. The van der Waals surface area contributed by atoms with Gasteiger partial charge in [-0.3, -0.25) is 14.8 Å². The highest BCUT2D eigenvalue weighted by molar-refractivity contribution is 6.30. The lowest BCUT2D eigenvalue weighted by atomic mass is 9.88. The van der Waals surface area contributed by atoms with E-state index in [1.807, 2.05) is 56.3 Å². The van der Waals surface area contributed by atoms with E-state index in [0.29, 0.717) is 39.9 Å². The number of likely N-dealkylation sites (tertiary alicyclic amines) is 1. The van der Waals surface area contributed by atoms with Crippen LogP contribution in [0.1, 0.15) is 70.7 Å². The Labute approximate surface area is 311 Å². The number of anilines is 1. The molecule has 9 rings (SSSR count). The third-order valence-corrected chi connectivity index (χ3v) is 11.2. The second-order valence-electron chi connectivity index (χ2n) is 14.6. The average molecular weight is 735 g/mol. The number of benzene rings is 4. The molecule has 0 bridgehead atoms. The zero-order valence-corrected chi connectivity index (χ0v) is 30.6. The number of imidazole rings is 1. The van der Waals surface area contributed by atoms with Crippen molar-refractivity contribution in [3.05, 3.63) is 111 Å². The van der Waals surface area contributed by atoms with E-state index in [4.69, 9.17) is 30.8 Å². The molecule has 6 aromatic rings. The fourth-order valence-electron chi connectivity index (χ4n) is 8.01. The number of para-hydroxylation sites is 1. The van der Waals surface area contributed by atoms with Crippen molar-refractivity contribution in [3.63, 3.8) is 0 Å². The van der Waals surface area contributed by atoms with Crippen molar-refractivity contribution in [1.29, 1.82) is 0 Å². The van der Waals surface area contributed by atoms with Crippen LogP contribution in [0.15, 0.2) is 66.7 Å². The fraction of sp³-hybridized carbons (Fsp3) is 0.341. The van der Waals surface area contributed by atoms with Crippen molar-refractivity contribution in [2.75, 3.05) is 25.0 Å². The van der Waals surface area contributed by atoms with Crippen molar-refractivity contribution in [3.8, 4) is 11.5 Å². The number of amides is 1. The molecule has 2 atom stereocenters. The van der Waals surface area contributed by atoms with Gasteiger partial charge in [0.05, 0.1) is 47.0 Å². The summed E-state index contributed by atoms with van der Waals surface area (Å²) in [6, 6.07) is 20.2. The summed E-state index contributed by atoms with van der Waals surface area (Å²) in [5.41, 5.74) is 7.30. The Kier molecular flexibility index (Phi) is 8.40. The summed E-state index contributed by atoms with van der Waals surface area (Å²) in [6.45, 7) is 9.62. The van der Waals surface area contributed by atoms with Crippen LogP contribution < -0.4 is 14.8 Å². The molecule has 3 aliphatic heterocycles. The number of rotatable bonds is 8. The molecule has 2 unspecified atom stereocenters. The molecular weight excluding hydrogens is 695 g/mol. The van der Waals surface area contributed by atoms with Crippen molar-refractivity contribution in [2.24, 2.45) is 0 Å². The molecule has 2 fully saturated rings. The standard InChI is InChI=1S/C41H40ClFN6O4/c1-23-17-26(18-31-24(2)46-47-38(23)31)40(50)44-28-8-10-35-34(20-28)45-37(49(35)21-29-13-16-51-29)22-48-14-11-25(12-15-48)30-5-4-6-36-39(30)53-41(3,52-36)32-9-7-27(42)19-33(32)43/h4-10,17-20,25,29H,11-16,21-22H2,1-3H3,(H,44,50)(H,46,47). The van der Waals surface area contributed by atoms with Crippen LogP contribution in [0.25, 0.3) is 21.9 Å². The van der Waals surface area contributed by atoms with Crippen LogP contribution in [-0.4, -0.2) is 56.4 Å². The van der Waals surface area contributed by atoms with Crippen LogP contribution in [0.2, 0.25) is 5.02 Å². The molecular formula is C41H40ClFN6O4. The normalized spacial score (nSPS) is 20.3. The summed E-state index contributed by atoms with van der Waals surface area (Å²) >= 11 is 6.02. The molecule has 10 nitrogen and oxygen atoms in total. The first-order valence-electron chi connectivity index (χ1n) is 18.2. The SMILES string of the molecule is Cc1n[nH]c2c(C)cc(C(=O)Nc3ccc4c(c3)nc(CN3CCC(c5cccc6c5OC(C)(c5ccc(Cl)cc5F)O6)CC3)n4CC3CCO3)cc12. The number of halogens is 2. The van der Waals surface area contributed by atoms with Crippen molar-refractivity contribution < 1.29 is 23.4 Å². The molecule has 0 spiro atoms. The monoisotopic (exact) mass is 734 g/mol. The smallest absolute Gasteiger partial charge is 0.278 e. The Morgan fingerprint density at radius 1 is 1.06 bits per heavy atom. The number of piperidine rings is 1. The number of H-pyrrole nitrogens is 1. The van der Waals surface area contributed by atoms with E-state index in [0.717, 1.165) is 90.1 Å². The maximum Gasteiger partial charge on any atom is 0.278 e. The van der Waals surface area contributed by atoms with E-state index >= 15 is 0 Å². The van der Waals surface area contributed by atoms with Crippen LogP contribution in [0, 0.1) is 19.7 Å². The molecule has 5 heterocycles. The molecule has 4 aromatic carbocycles. The van der Waals surface area contributed by atoms with Gasteiger partial charge in [-0.15, -0.1) is 0 Å². The molecule has 2 aromatic heterocycles. The van der Waals surface area contributed by atoms with Gasteiger partial charge in [0.2, 0.25) is 0 Å². The first kappa shape index (κ1) is 33.8. The van der Waals surface area contributed by atoms with E-state index in [2.05, 4.69) is 31.0 Å². The Balaban J connectivity index is 0.912. The molecule has 2 N–H and O–H groups in total. The van der Waals surface area contributed by atoms with Gasteiger partial charge in [-0.1, -0.05) is 23.7 Å². The van der Waals surface area contributed by atoms with Gasteiger partial charge in [-0.05, 0) is 112 Å². The summed E-state index contributed by atoms with van der Waals surface area (Å²) in [5.74, 6) is 0.612. The van der Waals surface area contributed by atoms with E-state index in [9.17, 15) is 9.18 Å². The van der Waals surface area contributed by atoms with Gasteiger partial charge in [-0.25, -0.2) is 9.37 Å². The highest BCUT2D eigenvalue weighted by Crippen LogP contribution is 2.50. The second kappa shape index (κ2) is 13.2. The van der Waals surface area contributed by atoms with Gasteiger partial charge in [-0.2, -0.15) is 5.10 Å². The summed E-state index contributed by atoms with van der Waals surface area (Å²) in [7, 11) is 0. The molecule has 53 heavy (non-hydrogen) atoms. The number of ether oxygens (including phenoxy) is 3. The fourth-order valence-corrected chi connectivity index (χ4v) is 8.17. The number of aromatic nitrogens is 4. The second-order valence-corrected chi connectivity index (χ2v) is 15.0. The third-order valence-electron chi connectivity index (χ3n) is 11.0. The highest BCUT2D eigenvalue weighted by atomic mass is 35.5. The largest absolute Gasteiger partial charge is 0.444 e. The zero-order valence-electron chi connectivity index (χ0n) is 29.8. The van der Waals surface area contributed by atoms with E-state index in [-0.39, 0.29) is 17.9 Å². The Morgan fingerprint density at radius 3 is 2.66 bits per heavy atom. The zero-order chi connectivity index (χ0) is 36.4. The van der Waals surface area contributed by atoms with Crippen molar-refractivity contribution >= 4 is 45.1 Å². The molecule has 0 radical (unpaired) electrons. The molecule has 272 valence electrons. The molecule has 12 heteroatoms. The quantitative estimate of drug-likeness (QED) is 0.162. The average Bonchev–Trinajstić information content (AvgIpc) is 3.78. The predicted molar refractivity (Wildman–Crippen MR) is 201 cm³/mol. The summed E-state index contributed by atoms with van der Waals surface area (Å²) in [5, 5.41) is 11.7. The summed E-state index contributed by atoms with van der Waals surface area (Å²) < 4.78 is 35.7. The first-order chi connectivity index (χ1) is 25.6. The number of aryl methyl sites for hydroxylation is 2. The lowest BCUT2D eigenvalue weighted by molar-refractivity contribution is -0.0712. The van der Waals surface area contributed by atoms with Crippen LogP contribution in [0.4, 0.5) is 10.1 Å². The molecule has 0 aliphatic carbocycles. The molecule has 2 saturated heterocycles. The Hall–Kier alpha value is -4.97. The van der Waals surface area contributed by atoms with E-state index in [1.165, 1.54) is 6.07 Å². The number of hydrogen-bond acceptors (Lipinski definition) is 7. The van der Waals surface area contributed by atoms with Crippen LogP contribution in [0.3, 0.4) is 0 Å². The number of carbonyl (C=O) groups is 1. The number of fused-ring (bicyclic) bond motifs is 3. The number of carbonyl (C=O) groups excluding carboxylic acids is 1. The minimum Gasteiger partial charge on any atom is -0.444 e. The van der Waals surface area contributed by atoms with Gasteiger partial charge in [0.15, 0.2) is 11.5 Å². The highest BCUT2D eigenvalue weighted by Gasteiger charge is 2.43. The molecule has 0 saturated carbocycles. The van der Waals surface area contributed by atoms with Gasteiger partial charge < -0.3 is 24.1 Å². The van der Waals surface area contributed by atoms with Gasteiger partial charge in [0, 0.05) is 40.8 Å². The van der Waals surface area contributed by atoms with E-state index < -0.39 is 11.6 Å². The molecule has 3 aliphatic rings. The number of nitrogens with one attached hydrogen (secondary N) is 2. The minimum absolute atomic E-state index is 0.162. The number of hydrogen-bond donors (Lipinski definition) is 2. The topological polar surface area (TPSA) is 107 Å². The lowest BCUT2D eigenvalue weighted by Gasteiger charge is -2.33. The van der Waals surface area contributed by atoms with Crippen LogP contribution >= 0.6 is 11.6 Å². The maximum absolute atomic E-state index is 14.9. The Morgan fingerprint density at radius 2 is 1.89 bits per heavy atom. The minimum atomic E-state index is -1.29. The van der Waals surface area contributed by atoms with Crippen LogP contribution in [-0.2, 0) is 23.6 Å². The first-order valence-corrected chi connectivity index (χ1v) is 18.6. The van der Waals surface area contributed by atoms with Crippen molar-refractivity contribution in [1.82, 2.24) is 24.6 Å². The summed E-state index contributed by atoms with van der Waals surface area (Å²) in [6.07, 6.45) is 3.04. The van der Waals surface area contributed by atoms with E-state index in [1.54, 1.807) is 19.1 Å². The van der Waals surface area contributed by atoms with Crippen LogP contribution in [0.5, 0.6) is 11.5 Å². The van der Waals surface area contributed by atoms with Crippen molar-refractivity contribution in [2.45, 2.75) is 70.9 Å². The Bertz CT molecular complexity index is 2400. The number of nitrogens with zero attached hydrogens (tertiary/aromatic N) is 4. The summed E-state index contributed by atoms with van der Waals surface area (Å²) in [4.78, 5) is 21.0. The molecule has 1 amide bonds. The maximum atomic E-state index is 14.9. The predicted octanol–water partition coefficient (Wildman–Crippen LogP) is 8.39. The third kappa shape index (κ3) is 6.20.